The van der Waals surface area contributed by atoms with Crippen molar-refractivity contribution in [1.29, 1.82) is 0 Å². The predicted molar refractivity (Wildman–Crippen MR) is 57.6 cm³/mol. The van der Waals surface area contributed by atoms with Crippen molar-refractivity contribution in [1.82, 2.24) is 4.90 Å². The molecule has 4 heteroatoms. The van der Waals surface area contributed by atoms with Crippen molar-refractivity contribution in [2.45, 2.75) is 19.4 Å². The fraction of sp³-hybridized carbons (Fsp3) is 0.727. The smallest absolute Gasteiger partial charge is 0.309 e. The second-order valence-electron chi connectivity index (χ2n) is 3.60. The summed E-state index contributed by atoms with van der Waals surface area (Å²) in [5, 5.41) is 0. The van der Waals surface area contributed by atoms with Crippen LogP contribution in [0.2, 0.25) is 0 Å². The van der Waals surface area contributed by atoms with Crippen LogP contribution < -0.4 is 0 Å². The number of hydrogen-bond acceptors (Lipinski definition) is 4. The summed E-state index contributed by atoms with van der Waals surface area (Å²) in [4.78, 5) is 13.2. The highest BCUT2D eigenvalue weighted by Crippen LogP contribution is 2.05. The largest absolute Gasteiger partial charge is 0.469 e. The molecule has 4 nitrogen and oxygen atoms in total. The van der Waals surface area contributed by atoms with Crippen molar-refractivity contribution >= 4 is 5.97 Å². The summed E-state index contributed by atoms with van der Waals surface area (Å²) in [6, 6.07) is 0.360. The van der Waals surface area contributed by atoms with E-state index in [0.29, 0.717) is 12.5 Å². The van der Waals surface area contributed by atoms with Crippen molar-refractivity contribution in [2.75, 3.05) is 33.4 Å². The Balaban J connectivity index is 2.26. The maximum absolute atomic E-state index is 10.9. The molecule has 0 saturated carbocycles. The van der Waals surface area contributed by atoms with Crippen LogP contribution in [0, 0.1) is 0 Å². The number of methoxy groups -OCH3 is 1. The van der Waals surface area contributed by atoms with Crippen molar-refractivity contribution < 1.29 is 14.3 Å². The molecule has 1 aliphatic heterocycles. The van der Waals surface area contributed by atoms with E-state index in [9.17, 15) is 4.79 Å². The third-order valence-corrected chi connectivity index (χ3v) is 2.55. The molecule has 1 rings (SSSR count). The first-order valence-corrected chi connectivity index (χ1v) is 5.29. The van der Waals surface area contributed by atoms with Crippen LogP contribution in [0.15, 0.2) is 12.2 Å². The van der Waals surface area contributed by atoms with Crippen LogP contribution >= 0.6 is 0 Å². The highest BCUT2D eigenvalue weighted by Gasteiger charge is 2.14. The molecule has 0 aromatic carbocycles. The fourth-order valence-corrected chi connectivity index (χ4v) is 1.55. The lowest BCUT2D eigenvalue weighted by Gasteiger charge is -2.30. The molecular formula is C11H19NO3. The molecule has 15 heavy (non-hydrogen) atoms. The van der Waals surface area contributed by atoms with Crippen LogP contribution in [0.25, 0.3) is 0 Å². The van der Waals surface area contributed by atoms with E-state index in [1.54, 1.807) is 0 Å². The number of ether oxygens (including phenoxy) is 2. The van der Waals surface area contributed by atoms with Crippen LogP contribution in [0.1, 0.15) is 13.3 Å². The first kappa shape index (κ1) is 12.2. The third kappa shape index (κ3) is 4.44. The van der Waals surface area contributed by atoms with Crippen LogP contribution in [-0.4, -0.2) is 50.3 Å². The van der Waals surface area contributed by atoms with E-state index in [1.165, 1.54) is 7.11 Å². The molecule has 1 atom stereocenters. The van der Waals surface area contributed by atoms with Crippen molar-refractivity contribution in [3.05, 3.63) is 12.2 Å². The molecule has 0 bridgehead atoms. The predicted octanol–water partition coefficient (Wildman–Crippen LogP) is 0.826. The molecule has 0 amide bonds. The maximum Gasteiger partial charge on any atom is 0.309 e. The van der Waals surface area contributed by atoms with Gasteiger partial charge in [-0.15, -0.1) is 0 Å². The summed E-state index contributed by atoms with van der Waals surface area (Å²) in [5.41, 5.74) is 0. The first-order valence-electron chi connectivity index (χ1n) is 5.29. The first-order chi connectivity index (χ1) is 7.24. The fourth-order valence-electron chi connectivity index (χ4n) is 1.55. The average Bonchev–Trinajstić information content (AvgIpc) is 2.29. The average molecular weight is 213 g/mol. The standard InChI is InChI=1S/C11H19NO3/c1-10(4-3-5-11(13)14-2)12-6-8-15-9-7-12/h3-4,10H,5-9H2,1-2H3/b4-3+. The molecule has 1 aliphatic rings. The van der Waals surface area contributed by atoms with Crippen LogP contribution in [0.3, 0.4) is 0 Å². The number of hydrogen-bond donors (Lipinski definition) is 0. The second kappa shape index (κ2) is 6.58. The van der Waals surface area contributed by atoms with E-state index in [4.69, 9.17) is 4.74 Å². The highest BCUT2D eigenvalue weighted by molar-refractivity contribution is 5.70. The topological polar surface area (TPSA) is 38.8 Å². The minimum Gasteiger partial charge on any atom is -0.469 e. The highest BCUT2D eigenvalue weighted by atomic mass is 16.5. The summed E-state index contributed by atoms with van der Waals surface area (Å²) in [7, 11) is 1.40. The van der Waals surface area contributed by atoms with E-state index in [0.717, 1.165) is 26.3 Å². The van der Waals surface area contributed by atoms with Gasteiger partial charge in [0.1, 0.15) is 0 Å². The van der Waals surface area contributed by atoms with Gasteiger partial charge in [0.2, 0.25) is 0 Å². The van der Waals surface area contributed by atoms with Gasteiger partial charge < -0.3 is 9.47 Å². The van der Waals surface area contributed by atoms with Crippen LogP contribution in [-0.2, 0) is 14.3 Å². The van der Waals surface area contributed by atoms with Crippen LogP contribution in [0.4, 0.5) is 0 Å². The summed E-state index contributed by atoms with van der Waals surface area (Å²) < 4.78 is 9.82. The number of carbonyl (C=O) groups is 1. The Hall–Kier alpha value is -0.870. The number of carbonyl (C=O) groups excluding carboxylic acids is 1. The van der Waals surface area contributed by atoms with E-state index >= 15 is 0 Å². The lowest BCUT2D eigenvalue weighted by Crippen LogP contribution is -2.41. The molecule has 0 spiro atoms. The molecule has 0 radical (unpaired) electrons. The van der Waals surface area contributed by atoms with E-state index in [1.807, 2.05) is 12.2 Å². The van der Waals surface area contributed by atoms with Gasteiger partial charge in [-0.1, -0.05) is 12.2 Å². The Morgan fingerprint density at radius 1 is 1.53 bits per heavy atom. The van der Waals surface area contributed by atoms with E-state index in [2.05, 4.69) is 16.6 Å². The number of nitrogens with zero attached hydrogens (tertiary/aromatic N) is 1. The monoisotopic (exact) mass is 213 g/mol. The molecule has 0 aromatic rings. The Morgan fingerprint density at radius 3 is 2.80 bits per heavy atom. The van der Waals surface area contributed by atoms with E-state index in [-0.39, 0.29) is 5.97 Å². The molecule has 0 aliphatic carbocycles. The minimum absolute atomic E-state index is 0.194. The Labute approximate surface area is 90.8 Å². The van der Waals surface area contributed by atoms with Gasteiger partial charge in [0.05, 0.1) is 26.7 Å². The summed E-state index contributed by atoms with van der Waals surface area (Å²) in [6.07, 6.45) is 4.26. The van der Waals surface area contributed by atoms with Crippen molar-refractivity contribution in [3.63, 3.8) is 0 Å². The van der Waals surface area contributed by atoms with Gasteiger partial charge in [-0.05, 0) is 6.92 Å². The van der Waals surface area contributed by atoms with E-state index < -0.39 is 0 Å². The molecule has 1 heterocycles. The quantitative estimate of drug-likeness (QED) is 0.512. The Bertz CT molecular complexity index is 222. The summed E-state index contributed by atoms with van der Waals surface area (Å²) in [6.45, 7) is 5.65. The molecule has 1 fully saturated rings. The van der Waals surface area contributed by atoms with Gasteiger partial charge >= 0.3 is 5.97 Å². The second-order valence-corrected chi connectivity index (χ2v) is 3.60. The van der Waals surface area contributed by atoms with Crippen molar-refractivity contribution in [2.24, 2.45) is 0 Å². The van der Waals surface area contributed by atoms with Crippen molar-refractivity contribution in [3.8, 4) is 0 Å². The molecule has 86 valence electrons. The normalized spacial score (nSPS) is 20.4. The van der Waals surface area contributed by atoms with Gasteiger partial charge in [0.15, 0.2) is 0 Å². The van der Waals surface area contributed by atoms with Gasteiger partial charge in [-0.25, -0.2) is 0 Å². The molecule has 1 unspecified atom stereocenters. The van der Waals surface area contributed by atoms with Gasteiger partial charge in [0.25, 0.3) is 0 Å². The summed E-state index contributed by atoms with van der Waals surface area (Å²) in [5.74, 6) is -0.194. The number of esters is 1. The maximum atomic E-state index is 10.9. The number of rotatable bonds is 4. The molecule has 0 N–H and O–H groups in total. The zero-order valence-corrected chi connectivity index (χ0v) is 9.44. The van der Waals surface area contributed by atoms with Gasteiger partial charge in [-0.3, -0.25) is 9.69 Å². The molecular weight excluding hydrogens is 194 g/mol. The zero-order chi connectivity index (χ0) is 11.1. The third-order valence-electron chi connectivity index (χ3n) is 2.55. The van der Waals surface area contributed by atoms with Gasteiger partial charge in [-0.2, -0.15) is 0 Å². The lowest BCUT2D eigenvalue weighted by atomic mass is 10.2. The SMILES string of the molecule is COC(=O)C/C=C/C(C)N1CCOCC1. The Morgan fingerprint density at radius 2 is 2.20 bits per heavy atom. The molecule has 0 aromatic heterocycles. The van der Waals surface area contributed by atoms with Gasteiger partial charge in [0, 0.05) is 19.1 Å². The summed E-state index contributed by atoms with van der Waals surface area (Å²) >= 11 is 0. The van der Waals surface area contributed by atoms with Crippen LogP contribution in [0.5, 0.6) is 0 Å². The number of morpholine rings is 1. The lowest BCUT2D eigenvalue weighted by molar-refractivity contribution is -0.139. The molecule has 1 saturated heterocycles. The Kier molecular flexibility index (Phi) is 5.36. The zero-order valence-electron chi connectivity index (χ0n) is 9.44. The minimum atomic E-state index is -0.194.